The van der Waals surface area contributed by atoms with Gasteiger partial charge in [0.1, 0.15) is 11.2 Å². The average molecular weight is 666 g/mol. The Morgan fingerprint density at radius 2 is 1.02 bits per heavy atom. The fourth-order valence-electron chi connectivity index (χ4n) is 8.52. The van der Waals surface area contributed by atoms with Crippen molar-refractivity contribution in [1.82, 2.24) is 0 Å². The quantitative estimate of drug-likeness (QED) is 0.176. The van der Waals surface area contributed by atoms with Crippen molar-refractivity contribution in [1.29, 1.82) is 0 Å². The molecule has 0 saturated heterocycles. The lowest BCUT2D eigenvalue weighted by Crippen LogP contribution is -2.28. The predicted octanol–water partition coefficient (Wildman–Crippen LogP) is 13.4. The van der Waals surface area contributed by atoms with Crippen LogP contribution in [0.25, 0.3) is 44.2 Å². The molecule has 0 saturated carbocycles. The van der Waals surface area contributed by atoms with Gasteiger partial charge in [0, 0.05) is 27.8 Å². The van der Waals surface area contributed by atoms with Gasteiger partial charge in [-0.15, -0.1) is 0 Å². The maximum absolute atomic E-state index is 6.16. The van der Waals surface area contributed by atoms with Gasteiger partial charge >= 0.3 is 0 Å². The summed E-state index contributed by atoms with van der Waals surface area (Å²) in [5.74, 6) is 0. The van der Waals surface area contributed by atoms with Crippen LogP contribution in [-0.2, 0) is 5.41 Å². The van der Waals surface area contributed by atoms with Crippen LogP contribution in [0.15, 0.2) is 199 Å². The van der Waals surface area contributed by atoms with E-state index in [4.69, 9.17) is 4.42 Å². The fraction of sp³-hybridized carbons (Fsp3) is 0.0400. The van der Waals surface area contributed by atoms with E-state index in [2.05, 4.69) is 194 Å². The van der Waals surface area contributed by atoms with Crippen molar-refractivity contribution in [3.63, 3.8) is 0 Å². The van der Waals surface area contributed by atoms with E-state index in [1.807, 2.05) is 12.1 Å². The summed E-state index contributed by atoms with van der Waals surface area (Å²) in [4.78, 5) is 2.41. The van der Waals surface area contributed by atoms with Crippen LogP contribution in [0.3, 0.4) is 0 Å². The zero-order chi connectivity index (χ0) is 34.6. The minimum Gasteiger partial charge on any atom is -0.456 e. The number of rotatable bonds is 6. The summed E-state index contributed by atoms with van der Waals surface area (Å²) < 4.78 is 6.16. The van der Waals surface area contributed by atoms with Crippen molar-refractivity contribution < 1.29 is 4.42 Å². The van der Waals surface area contributed by atoms with Crippen molar-refractivity contribution in [2.45, 2.75) is 12.3 Å². The molecule has 0 spiro atoms. The number of hydrogen-bond acceptors (Lipinski definition) is 2. The second-order valence-corrected chi connectivity index (χ2v) is 13.8. The van der Waals surface area contributed by atoms with Crippen molar-refractivity contribution in [2.75, 3.05) is 4.90 Å². The van der Waals surface area contributed by atoms with E-state index in [0.29, 0.717) is 0 Å². The Morgan fingerprint density at radius 1 is 0.404 bits per heavy atom. The minimum atomic E-state index is -0.479. The molecule has 0 radical (unpaired) electrons. The zero-order valence-corrected chi connectivity index (χ0v) is 28.8. The molecule has 1 aliphatic carbocycles. The number of fused-ring (bicyclic) bond motifs is 6. The van der Waals surface area contributed by atoms with Gasteiger partial charge in [0.05, 0.1) is 5.41 Å². The molecule has 2 nitrogen and oxygen atoms in total. The Morgan fingerprint density at radius 3 is 1.81 bits per heavy atom. The Kier molecular flexibility index (Phi) is 6.97. The molecule has 8 aromatic carbocycles. The number of aryl methyl sites for hydroxylation is 1. The summed E-state index contributed by atoms with van der Waals surface area (Å²) in [7, 11) is 0. The standard InChI is InChI=1S/C50H35NO/c1-34-14-12-20-39(30-34)51(40-21-13-15-35(31-40)36-26-29-49-45(32-36)44-23-9-11-25-48(44)52-49)41-27-28-43-42-22-8-10-24-46(42)50(47(43)33-41,37-16-4-2-5-17-37)38-18-6-3-7-19-38/h2-33H,1H3. The molecule has 0 N–H and O–H groups in total. The fourth-order valence-corrected chi connectivity index (χ4v) is 8.52. The van der Waals surface area contributed by atoms with Crippen LogP contribution in [0.1, 0.15) is 27.8 Å². The second-order valence-electron chi connectivity index (χ2n) is 13.8. The molecule has 52 heavy (non-hydrogen) atoms. The van der Waals surface area contributed by atoms with E-state index >= 15 is 0 Å². The first-order valence-corrected chi connectivity index (χ1v) is 17.9. The third-order valence-electron chi connectivity index (χ3n) is 10.8. The van der Waals surface area contributed by atoms with Crippen molar-refractivity contribution in [3.05, 3.63) is 222 Å². The van der Waals surface area contributed by atoms with Crippen LogP contribution in [0, 0.1) is 6.92 Å². The van der Waals surface area contributed by atoms with Crippen LogP contribution in [0.5, 0.6) is 0 Å². The lowest BCUT2D eigenvalue weighted by atomic mass is 9.67. The SMILES string of the molecule is Cc1cccc(N(c2cccc(-c3ccc4oc5ccccc5c4c3)c2)c2ccc3c(c2)C(c2ccccc2)(c2ccccc2)c2ccccc2-3)c1. The molecule has 1 heterocycles. The second kappa shape index (κ2) is 12.0. The summed E-state index contributed by atoms with van der Waals surface area (Å²) in [6, 6.07) is 70.6. The number of benzene rings is 8. The molecule has 10 rings (SSSR count). The Labute approximate surface area is 303 Å². The number of para-hydroxylation sites is 1. The highest BCUT2D eigenvalue weighted by Gasteiger charge is 2.46. The highest BCUT2D eigenvalue weighted by atomic mass is 16.3. The van der Waals surface area contributed by atoms with Crippen molar-refractivity contribution >= 4 is 39.0 Å². The molecule has 9 aromatic rings. The summed E-state index contributed by atoms with van der Waals surface area (Å²) >= 11 is 0. The number of hydrogen-bond donors (Lipinski definition) is 0. The summed E-state index contributed by atoms with van der Waals surface area (Å²) in [6.45, 7) is 2.16. The van der Waals surface area contributed by atoms with E-state index in [9.17, 15) is 0 Å². The van der Waals surface area contributed by atoms with E-state index in [1.54, 1.807) is 0 Å². The van der Waals surface area contributed by atoms with Gasteiger partial charge in [-0.05, 0) is 112 Å². The van der Waals surface area contributed by atoms with Crippen LogP contribution in [-0.4, -0.2) is 0 Å². The summed E-state index contributed by atoms with van der Waals surface area (Å²) in [5.41, 5.74) is 15.9. The van der Waals surface area contributed by atoms with E-state index in [0.717, 1.165) is 50.1 Å². The lowest BCUT2D eigenvalue weighted by molar-refractivity contribution is 0.669. The number of furan rings is 1. The molecule has 0 amide bonds. The predicted molar refractivity (Wildman–Crippen MR) is 216 cm³/mol. The van der Waals surface area contributed by atoms with Crippen LogP contribution in [0.4, 0.5) is 17.1 Å². The van der Waals surface area contributed by atoms with Gasteiger partial charge < -0.3 is 9.32 Å². The van der Waals surface area contributed by atoms with Gasteiger partial charge in [-0.3, -0.25) is 0 Å². The first-order valence-electron chi connectivity index (χ1n) is 17.9. The maximum Gasteiger partial charge on any atom is 0.135 e. The third-order valence-corrected chi connectivity index (χ3v) is 10.8. The van der Waals surface area contributed by atoms with Gasteiger partial charge in [-0.25, -0.2) is 0 Å². The largest absolute Gasteiger partial charge is 0.456 e. The van der Waals surface area contributed by atoms with E-state index in [-0.39, 0.29) is 0 Å². The average Bonchev–Trinajstić information content (AvgIpc) is 3.72. The lowest BCUT2D eigenvalue weighted by Gasteiger charge is -2.35. The van der Waals surface area contributed by atoms with Gasteiger partial charge in [-0.2, -0.15) is 0 Å². The van der Waals surface area contributed by atoms with Crippen molar-refractivity contribution in [2.24, 2.45) is 0 Å². The van der Waals surface area contributed by atoms with Crippen molar-refractivity contribution in [3.8, 4) is 22.3 Å². The van der Waals surface area contributed by atoms with Gasteiger partial charge in [0.15, 0.2) is 0 Å². The highest BCUT2D eigenvalue weighted by molar-refractivity contribution is 6.06. The third kappa shape index (κ3) is 4.65. The summed E-state index contributed by atoms with van der Waals surface area (Å²) in [5, 5.41) is 2.27. The smallest absolute Gasteiger partial charge is 0.135 e. The Balaban J connectivity index is 1.19. The van der Waals surface area contributed by atoms with Crippen LogP contribution >= 0.6 is 0 Å². The molecule has 0 aliphatic heterocycles. The normalized spacial score (nSPS) is 12.9. The Bertz CT molecular complexity index is 2720. The molecule has 0 atom stereocenters. The minimum absolute atomic E-state index is 0.479. The van der Waals surface area contributed by atoms with Gasteiger partial charge in [0.25, 0.3) is 0 Å². The van der Waals surface area contributed by atoms with Crippen LogP contribution in [0.2, 0.25) is 0 Å². The van der Waals surface area contributed by atoms with E-state index in [1.165, 1.54) is 38.9 Å². The van der Waals surface area contributed by atoms with Gasteiger partial charge in [0.2, 0.25) is 0 Å². The first-order chi connectivity index (χ1) is 25.7. The zero-order valence-electron chi connectivity index (χ0n) is 28.8. The molecular formula is C50H35NO. The first kappa shape index (κ1) is 30.2. The maximum atomic E-state index is 6.16. The molecule has 246 valence electrons. The molecule has 2 heteroatoms. The molecule has 0 unspecified atom stereocenters. The molecular weight excluding hydrogens is 631 g/mol. The highest BCUT2D eigenvalue weighted by Crippen LogP contribution is 2.57. The number of nitrogens with zero attached hydrogens (tertiary/aromatic N) is 1. The van der Waals surface area contributed by atoms with Crippen LogP contribution < -0.4 is 4.90 Å². The molecule has 0 bridgehead atoms. The summed E-state index contributed by atoms with van der Waals surface area (Å²) in [6.07, 6.45) is 0. The van der Waals surface area contributed by atoms with E-state index < -0.39 is 5.41 Å². The molecule has 0 fully saturated rings. The topological polar surface area (TPSA) is 16.4 Å². The van der Waals surface area contributed by atoms with Gasteiger partial charge in [-0.1, -0.05) is 140 Å². The number of anilines is 3. The monoisotopic (exact) mass is 665 g/mol. The molecule has 1 aliphatic rings. The molecule has 1 aromatic heterocycles. The Hall–Kier alpha value is -6.64.